The topological polar surface area (TPSA) is 29.1 Å². The predicted octanol–water partition coefficient (Wildman–Crippen LogP) is 5.57. The largest absolute Gasteiger partial charge is 0.349 e. The van der Waals surface area contributed by atoms with E-state index in [1.165, 1.54) is 22.3 Å². The maximum absolute atomic E-state index is 12.3. The number of hydrogen-bond acceptors (Lipinski definition) is 2. The lowest BCUT2D eigenvalue weighted by molar-refractivity contribution is -0.119. The molecule has 1 atom stereocenters. The van der Waals surface area contributed by atoms with Crippen LogP contribution in [-0.4, -0.2) is 11.7 Å². The molecule has 2 rings (SSSR count). The maximum atomic E-state index is 12.3. The summed E-state index contributed by atoms with van der Waals surface area (Å²) < 4.78 is 1.08. The number of hydrogen-bond donors (Lipinski definition) is 1. The van der Waals surface area contributed by atoms with E-state index >= 15 is 0 Å². The molecule has 1 amide bonds. The zero-order valence-corrected chi connectivity index (χ0v) is 16.8. The summed E-state index contributed by atoms with van der Waals surface area (Å²) in [6.07, 6.45) is 0.896. The molecule has 0 radical (unpaired) electrons. The predicted molar refractivity (Wildman–Crippen MR) is 107 cm³/mol. The second kappa shape index (κ2) is 9.28. The Balaban J connectivity index is 1.86. The Morgan fingerprint density at radius 2 is 1.88 bits per heavy atom. The molecule has 0 saturated carbocycles. The van der Waals surface area contributed by atoms with Gasteiger partial charge in [-0.15, -0.1) is 11.8 Å². The van der Waals surface area contributed by atoms with Crippen LogP contribution in [0.4, 0.5) is 0 Å². The smallest absolute Gasteiger partial charge is 0.230 e. The molecule has 0 aliphatic rings. The van der Waals surface area contributed by atoms with Crippen LogP contribution in [0.25, 0.3) is 0 Å². The highest BCUT2D eigenvalue weighted by atomic mass is 79.9. The number of thioether (sulfide) groups is 1. The standard InChI is InChI=1S/C20H24BrNOS/c1-4-19(18-10-5-14(2)11-15(18)3)22-20(23)13-24-12-16-6-8-17(21)9-7-16/h5-11,19H,4,12-13H2,1-3H3,(H,22,23)/t19-/m0/s1. The average Bonchev–Trinajstić information content (AvgIpc) is 2.55. The van der Waals surface area contributed by atoms with Crippen molar-refractivity contribution in [2.75, 3.05) is 5.75 Å². The van der Waals surface area contributed by atoms with Crippen molar-refractivity contribution in [3.8, 4) is 0 Å². The minimum absolute atomic E-state index is 0.0892. The van der Waals surface area contributed by atoms with Crippen LogP contribution < -0.4 is 5.32 Å². The van der Waals surface area contributed by atoms with Gasteiger partial charge in [0.15, 0.2) is 0 Å². The van der Waals surface area contributed by atoms with E-state index in [2.05, 4.69) is 72.3 Å². The minimum atomic E-state index is 0.0892. The first-order valence-corrected chi connectivity index (χ1v) is 10.1. The first-order chi connectivity index (χ1) is 11.5. The Morgan fingerprint density at radius 3 is 2.50 bits per heavy atom. The summed E-state index contributed by atoms with van der Waals surface area (Å²) in [6, 6.07) is 14.7. The molecule has 0 aromatic heterocycles. The zero-order valence-electron chi connectivity index (χ0n) is 14.4. The number of rotatable bonds is 7. The van der Waals surface area contributed by atoms with E-state index in [1.54, 1.807) is 11.8 Å². The Bertz CT molecular complexity index is 685. The fourth-order valence-corrected chi connectivity index (χ4v) is 3.76. The van der Waals surface area contributed by atoms with Crippen molar-refractivity contribution in [1.29, 1.82) is 0 Å². The molecule has 4 heteroatoms. The molecular weight excluding hydrogens is 382 g/mol. The molecule has 24 heavy (non-hydrogen) atoms. The van der Waals surface area contributed by atoms with Gasteiger partial charge < -0.3 is 5.32 Å². The lowest BCUT2D eigenvalue weighted by Gasteiger charge is -2.20. The molecule has 2 aromatic rings. The van der Waals surface area contributed by atoms with E-state index in [-0.39, 0.29) is 11.9 Å². The summed E-state index contributed by atoms with van der Waals surface area (Å²) in [6.45, 7) is 6.31. The molecule has 0 spiro atoms. The van der Waals surface area contributed by atoms with Gasteiger partial charge in [0.05, 0.1) is 11.8 Å². The first kappa shape index (κ1) is 19.1. The highest BCUT2D eigenvalue weighted by molar-refractivity contribution is 9.10. The van der Waals surface area contributed by atoms with Gasteiger partial charge in [-0.1, -0.05) is 58.7 Å². The molecule has 0 aliphatic carbocycles. The van der Waals surface area contributed by atoms with Crippen molar-refractivity contribution in [3.63, 3.8) is 0 Å². The van der Waals surface area contributed by atoms with E-state index in [1.807, 2.05) is 12.1 Å². The van der Waals surface area contributed by atoms with Crippen LogP contribution in [0.2, 0.25) is 0 Å². The first-order valence-electron chi connectivity index (χ1n) is 8.18. The highest BCUT2D eigenvalue weighted by Gasteiger charge is 2.14. The number of nitrogens with one attached hydrogen (secondary N) is 1. The third-order valence-corrected chi connectivity index (χ3v) is 5.49. The van der Waals surface area contributed by atoms with Crippen LogP contribution in [0.1, 0.15) is 41.6 Å². The van der Waals surface area contributed by atoms with Crippen LogP contribution in [-0.2, 0) is 10.5 Å². The van der Waals surface area contributed by atoms with Crippen LogP contribution in [0.15, 0.2) is 46.9 Å². The SMILES string of the molecule is CC[C@H](NC(=O)CSCc1ccc(Br)cc1)c1ccc(C)cc1C. The Labute approximate surface area is 157 Å². The van der Waals surface area contributed by atoms with Gasteiger partial charge in [0.1, 0.15) is 0 Å². The zero-order chi connectivity index (χ0) is 17.5. The Kier molecular flexibility index (Phi) is 7.38. The second-order valence-electron chi connectivity index (χ2n) is 6.01. The van der Waals surface area contributed by atoms with Gasteiger partial charge in [0, 0.05) is 10.2 Å². The van der Waals surface area contributed by atoms with Crippen LogP contribution in [0.5, 0.6) is 0 Å². The van der Waals surface area contributed by atoms with E-state index in [0.717, 1.165) is 16.6 Å². The van der Waals surface area contributed by atoms with Crippen molar-refractivity contribution < 1.29 is 4.79 Å². The quantitative estimate of drug-likeness (QED) is 0.652. The van der Waals surface area contributed by atoms with E-state index in [0.29, 0.717) is 5.75 Å². The van der Waals surface area contributed by atoms with Gasteiger partial charge in [-0.3, -0.25) is 4.79 Å². The van der Waals surface area contributed by atoms with Gasteiger partial charge in [-0.25, -0.2) is 0 Å². The van der Waals surface area contributed by atoms with Crippen molar-refractivity contribution in [3.05, 3.63) is 69.2 Å². The molecule has 1 N–H and O–H groups in total. The normalized spacial score (nSPS) is 12.0. The number of benzene rings is 2. The second-order valence-corrected chi connectivity index (χ2v) is 7.91. The summed E-state index contributed by atoms with van der Waals surface area (Å²) in [5.74, 6) is 1.43. The van der Waals surface area contributed by atoms with Gasteiger partial charge in [-0.2, -0.15) is 0 Å². The van der Waals surface area contributed by atoms with E-state index in [4.69, 9.17) is 0 Å². The van der Waals surface area contributed by atoms with Crippen molar-refractivity contribution in [2.45, 2.75) is 39.0 Å². The number of aryl methyl sites for hydroxylation is 2. The van der Waals surface area contributed by atoms with Crippen LogP contribution >= 0.6 is 27.7 Å². The Hall–Kier alpha value is -1.26. The van der Waals surface area contributed by atoms with Gasteiger partial charge in [0.2, 0.25) is 5.91 Å². The molecule has 128 valence electrons. The molecule has 0 saturated heterocycles. The third-order valence-electron chi connectivity index (χ3n) is 3.96. The minimum Gasteiger partial charge on any atom is -0.349 e. The van der Waals surface area contributed by atoms with Gasteiger partial charge in [0.25, 0.3) is 0 Å². The molecule has 2 nitrogen and oxygen atoms in total. The molecule has 0 aliphatic heterocycles. The van der Waals surface area contributed by atoms with Gasteiger partial charge >= 0.3 is 0 Å². The summed E-state index contributed by atoms with van der Waals surface area (Å²) in [4.78, 5) is 12.3. The molecule has 0 heterocycles. The van der Waals surface area contributed by atoms with Crippen LogP contribution in [0.3, 0.4) is 0 Å². The molecular formula is C20H24BrNOS. The number of carbonyl (C=O) groups is 1. The monoisotopic (exact) mass is 405 g/mol. The molecule has 0 fully saturated rings. The van der Waals surface area contributed by atoms with Crippen molar-refractivity contribution in [1.82, 2.24) is 5.32 Å². The van der Waals surface area contributed by atoms with Crippen LogP contribution in [0, 0.1) is 13.8 Å². The van der Waals surface area contributed by atoms with Crippen molar-refractivity contribution >= 4 is 33.6 Å². The average molecular weight is 406 g/mol. The number of carbonyl (C=O) groups excluding carboxylic acids is 1. The summed E-state index contributed by atoms with van der Waals surface area (Å²) in [7, 11) is 0. The van der Waals surface area contributed by atoms with E-state index < -0.39 is 0 Å². The lowest BCUT2D eigenvalue weighted by atomic mass is 9.97. The number of halogens is 1. The summed E-state index contributed by atoms with van der Waals surface area (Å²) in [5, 5.41) is 3.17. The molecule has 0 bridgehead atoms. The fraction of sp³-hybridized carbons (Fsp3) is 0.350. The third kappa shape index (κ3) is 5.67. The molecule has 2 aromatic carbocycles. The maximum Gasteiger partial charge on any atom is 0.230 e. The van der Waals surface area contributed by atoms with E-state index in [9.17, 15) is 4.79 Å². The van der Waals surface area contributed by atoms with Gasteiger partial charge in [-0.05, 0) is 49.1 Å². The lowest BCUT2D eigenvalue weighted by Crippen LogP contribution is -2.30. The Morgan fingerprint density at radius 1 is 1.17 bits per heavy atom. The summed E-state index contributed by atoms with van der Waals surface area (Å²) >= 11 is 5.08. The summed E-state index contributed by atoms with van der Waals surface area (Å²) in [5.41, 5.74) is 4.94. The number of amides is 1. The molecule has 0 unspecified atom stereocenters. The highest BCUT2D eigenvalue weighted by Crippen LogP contribution is 2.22. The fourth-order valence-electron chi connectivity index (χ4n) is 2.69. The van der Waals surface area contributed by atoms with Crippen molar-refractivity contribution in [2.24, 2.45) is 0 Å².